The van der Waals surface area contributed by atoms with Crippen molar-refractivity contribution in [2.75, 3.05) is 5.73 Å². The number of nitrogens with zero attached hydrogens (tertiary/aromatic N) is 5. The van der Waals surface area contributed by atoms with Crippen LogP contribution in [0, 0.1) is 6.92 Å². The molecule has 0 amide bonds. The van der Waals surface area contributed by atoms with E-state index in [9.17, 15) is 0 Å². The van der Waals surface area contributed by atoms with Crippen LogP contribution in [0.4, 0.5) is 5.95 Å². The zero-order valence-corrected chi connectivity index (χ0v) is 12.5. The molecule has 110 valence electrons. The van der Waals surface area contributed by atoms with Crippen LogP contribution in [0.5, 0.6) is 0 Å². The number of anilines is 1. The minimum Gasteiger partial charge on any atom is -0.460 e. The van der Waals surface area contributed by atoms with Gasteiger partial charge in [-0.15, -0.1) is 16.4 Å². The van der Waals surface area contributed by atoms with Crippen molar-refractivity contribution in [3.63, 3.8) is 0 Å². The molecule has 0 aliphatic heterocycles. The number of rotatable bonds is 3. The second-order valence-corrected chi connectivity index (χ2v) is 5.87. The highest BCUT2D eigenvalue weighted by molar-refractivity contribution is 7.09. The third-order valence-corrected chi connectivity index (χ3v) is 4.10. The van der Waals surface area contributed by atoms with Crippen LogP contribution in [0.2, 0.25) is 0 Å². The molecule has 0 saturated carbocycles. The Kier molecular flexibility index (Phi) is 2.90. The van der Waals surface area contributed by atoms with Crippen LogP contribution in [-0.4, -0.2) is 25.0 Å². The first-order chi connectivity index (χ1) is 10.7. The van der Waals surface area contributed by atoms with Gasteiger partial charge in [-0.25, -0.2) is 9.67 Å². The summed E-state index contributed by atoms with van der Waals surface area (Å²) in [6, 6.07) is 7.75. The number of fused-ring (bicyclic) bond motifs is 1. The lowest BCUT2D eigenvalue weighted by atomic mass is 10.3. The number of hydrogen-bond acceptors (Lipinski definition) is 7. The molecule has 0 radical (unpaired) electrons. The third kappa shape index (κ3) is 2.13. The van der Waals surface area contributed by atoms with Gasteiger partial charge in [0.15, 0.2) is 16.9 Å². The molecule has 4 rings (SSSR count). The first kappa shape index (κ1) is 13.0. The SMILES string of the molecule is Cc1ccc(-c2nc(N)nc3c2nnn3Cc2cccs2)o1. The van der Waals surface area contributed by atoms with E-state index in [-0.39, 0.29) is 5.95 Å². The van der Waals surface area contributed by atoms with Crippen LogP contribution in [0.3, 0.4) is 0 Å². The average molecular weight is 312 g/mol. The minimum absolute atomic E-state index is 0.172. The zero-order chi connectivity index (χ0) is 15.1. The van der Waals surface area contributed by atoms with Gasteiger partial charge in [0.2, 0.25) is 5.95 Å². The summed E-state index contributed by atoms with van der Waals surface area (Å²) in [6.07, 6.45) is 0. The normalized spacial score (nSPS) is 11.3. The average Bonchev–Trinajstić information content (AvgIpc) is 3.21. The molecule has 2 N–H and O–H groups in total. The van der Waals surface area contributed by atoms with Crippen LogP contribution in [0.25, 0.3) is 22.6 Å². The third-order valence-electron chi connectivity index (χ3n) is 3.24. The topological polar surface area (TPSA) is 95.6 Å². The highest BCUT2D eigenvalue weighted by Gasteiger charge is 2.17. The van der Waals surface area contributed by atoms with Gasteiger partial charge in [0.05, 0.1) is 6.54 Å². The number of nitrogens with two attached hydrogens (primary N) is 1. The summed E-state index contributed by atoms with van der Waals surface area (Å²) in [5.74, 6) is 1.58. The highest BCUT2D eigenvalue weighted by Crippen LogP contribution is 2.27. The number of furan rings is 1. The van der Waals surface area contributed by atoms with E-state index in [1.165, 1.54) is 4.88 Å². The van der Waals surface area contributed by atoms with Crippen molar-refractivity contribution in [3.8, 4) is 11.5 Å². The highest BCUT2D eigenvalue weighted by atomic mass is 32.1. The van der Waals surface area contributed by atoms with Gasteiger partial charge in [-0.3, -0.25) is 0 Å². The maximum atomic E-state index is 5.84. The molecule has 0 fully saturated rings. The molecule has 0 unspecified atom stereocenters. The van der Waals surface area contributed by atoms with Gasteiger partial charge in [-0.05, 0) is 30.5 Å². The molecule has 7 nitrogen and oxygen atoms in total. The van der Waals surface area contributed by atoms with Gasteiger partial charge in [0, 0.05) is 4.88 Å². The Balaban J connectivity index is 1.87. The van der Waals surface area contributed by atoms with Crippen molar-refractivity contribution >= 4 is 28.4 Å². The van der Waals surface area contributed by atoms with Crippen molar-refractivity contribution in [2.24, 2.45) is 0 Å². The Morgan fingerprint density at radius 1 is 1.27 bits per heavy atom. The number of thiophene rings is 1. The molecular formula is C14H12N6OS. The van der Waals surface area contributed by atoms with Gasteiger partial charge in [0.1, 0.15) is 11.5 Å². The Morgan fingerprint density at radius 2 is 2.18 bits per heavy atom. The van der Waals surface area contributed by atoms with E-state index in [4.69, 9.17) is 10.2 Å². The van der Waals surface area contributed by atoms with Crippen LogP contribution in [0.15, 0.2) is 34.1 Å². The summed E-state index contributed by atoms with van der Waals surface area (Å²) in [5, 5.41) is 10.4. The molecule has 8 heteroatoms. The fourth-order valence-electron chi connectivity index (χ4n) is 2.26. The van der Waals surface area contributed by atoms with Gasteiger partial charge in [-0.2, -0.15) is 4.98 Å². The molecule has 0 saturated heterocycles. The van der Waals surface area contributed by atoms with E-state index in [0.717, 1.165) is 5.76 Å². The van der Waals surface area contributed by atoms with E-state index in [1.54, 1.807) is 16.0 Å². The van der Waals surface area contributed by atoms with Crippen LogP contribution in [-0.2, 0) is 6.54 Å². The van der Waals surface area contributed by atoms with E-state index < -0.39 is 0 Å². The molecule has 0 aromatic carbocycles. The first-order valence-electron chi connectivity index (χ1n) is 6.66. The second kappa shape index (κ2) is 4.92. The van der Waals surface area contributed by atoms with Gasteiger partial charge in [0.25, 0.3) is 0 Å². The van der Waals surface area contributed by atoms with Gasteiger partial charge >= 0.3 is 0 Å². The molecule has 4 heterocycles. The number of aryl methyl sites for hydroxylation is 1. The lowest BCUT2D eigenvalue weighted by molar-refractivity contribution is 0.547. The zero-order valence-electron chi connectivity index (χ0n) is 11.7. The van der Waals surface area contributed by atoms with E-state index in [1.807, 2.05) is 36.6 Å². The van der Waals surface area contributed by atoms with Crippen molar-refractivity contribution in [2.45, 2.75) is 13.5 Å². The number of aromatic nitrogens is 5. The molecule has 0 atom stereocenters. The monoisotopic (exact) mass is 312 g/mol. The molecule has 0 bridgehead atoms. The minimum atomic E-state index is 0.172. The van der Waals surface area contributed by atoms with Crippen molar-refractivity contribution in [1.82, 2.24) is 25.0 Å². The Bertz CT molecular complexity index is 940. The summed E-state index contributed by atoms with van der Waals surface area (Å²) in [4.78, 5) is 9.70. The molecular weight excluding hydrogens is 300 g/mol. The van der Waals surface area contributed by atoms with Gasteiger partial charge in [-0.1, -0.05) is 11.3 Å². The molecule has 4 aromatic rings. The Hall–Kier alpha value is -2.74. The van der Waals surface area contributed by atoms with E-state index in [0.29, 0.717) is 29.2 Å². The summed E-state index contributed by atoms with van der Waals surface area (Å²) in [7, 11) is 0. The van der Waals surface area contributed by atoms with Crippen LogP contribution >= 0.6 is 11.3 Å². The number of hydrogen-bond donors (Lipinski definition) is 1. The lowest BCUT2D eigenvalue weighted by Gasteiger charge is -2.02. The van der Waals surface area contributed by atoms with E-state index in [2.05, 4.69) is 20.3 Å². The second-order valence-electron chi connectivity index (χ2n) is 4.84. The van der Waals surface area contributed by atoms with E-state index >= 15 is 0 Å². The number of nitrogen functional groups attached to an aromatic ring is 1. The van der Waals surface area contributed by atoms with Crippen molar-refractivity contribution in [3.05, 3.63) is 40.3 Å². The van der Waals surface area contributed by atoms with Crippen LogP contribution in [0.1, 0.15) is 10.6 Å². The largest absolute Gasteiger partial charge is 0.460 e. The maximum Gasteiger partial charge on any atom is 0.222 e. The van der Waals surface area contributed by atoms with Crippen molar-refractivity contribution in [1.29, 1.82) is 0 Å². The van der Waals surface area contributed by atoms with Crippen molar-refractivity contribution < 1.29 is 4.42 Å². The first-order valence-corrected chi connectivity index (χ1v) is 7.54. The molecule has 4 aromatic heterocycles. The summed E-state index contributed by atoms with van der Waals surface area (Å²) in [5.41, 5.74) is 7.59. The van der Waals surface area contributed by atoms with Crippen LogP contribution < -0.4 is 5.73 Å². The fraction of sp³-hybridized carbons (Fsp3) is 0.143. The predicted molar refractivity (Wildman–Crippen MR) is 83.4 cm³/mol. The standard InChI is InChI=1S/C14H12N6OS/c1-8-4-5-10(21-8)11-12-13(17-14(15)16-11)20(19-18-12)7-9-3-2-6-22-9/h2-6H,7H2,1H3,(H2,15,16,17). The fourth-order valence-corrected chi connectivity index (χ4v) is 2.95. The summed E-state index contributed by atoms with van der Waals surface area (Å²) >= 11 is 1.66. The Labute approximate surface area is 129 Å². The smallest absolute Gasteiger partial charge is 0.222 e. The predicted octanol–water partition coefficient (Wildman–Crippen LogP) is 2.48. The molecule has 0 spiro atoms. The lowest BCUT2D eigenvalue weighted by Crippen LogP contribution is -2.04. The molecule has 22 heavy (non-hydrogen) atoms. The maximum absolute atomic E-state index is 5.84. The quantitative estimate of drug-likeness (QED) is 0.624. The molecule has 0 aliphatic rings. The van der Waals surface area contributed by atoms with Gasteiger partial charge < -0.3 is 10.2 Å². The summed E-state index contributed by atoms with van der Waals surface area (Å²) < 4.78 is 7.35. The summed E-state index contributed by atoms with van der Waals surface area (Å²) in [6.45, 7) is 2.47. The Morgan fingerprint density at radius 3 is 2.91 bits per heavy atom. The molecule has 0 aliphatic carbocycles.